The first-order valence-corrected chi connectivity index (χ1v) is 6.86. The Morgan fingerprint density at radius 3 is 2.95 bits per heavy atom. The molecule has 0 atom stereocenters. The zero-order valence-corrected chi connectivity index (χ0v) is 12.0. The molecule has 7 heteroatoms. The van der Waals surface area contributed by atoms with Crippen LogP contribution in [-0.4, -0.2) is 23.9 Å². The molecule has 0 fully saturated rings. The predicted molar refractivity (Wildman–Crippen MR) is 78.0 cm³/mol. The van der Waals surface area contributed by atoms with Crippen molar-refractivity contribution in [3.05, 3.63) is 30.0 Å². The van der Waals surface area contributed by atoms with Gasteiger partial charge in [-0.1, -0.05) is 5.16 Å². The number of carbonyl (C=O) groups excluding carboxylic acids is 1. The number of thioether (sulfide) groups is 1. The van der Waals surface area contributed by atoms with Gasteiger partial charge in [-0.25, -0.2) is 0 Å². The average molecular weight is 293 g/mol. The topological polar surface area (TPSA) is 90.4 Å². The number of hydrogen-bond donors (Lipinski definition) is 2. The minimum Gasteiger partial charge on any atom is -0.496 e. The van der Waals surface area contributed by atoms with Crippen LogP contribution in [0.15, 0.2) is 33.7 Å². The molecule has 6 nitrogen and oxygen atoms in total. The van der Waals surface area contributed by atoms with Gasteiger partial charge < -0.3 is 20.3 Å². The molecule has 2 rings (SSSR count). The third kappa shape index (κ3) is 3.67. The quantitative estimate of drug-likeness (QED) is 0.649. The molecule has 0 aliphatic heterocycles. The van der Waals surface area contributed by atoms with Gasteiger partial charge in [0.1, 0.15) is 11.5 Å². The fourth-order valence-corrected chi connectivity index (χ4v) is 2.36. The van der Waals surface area contributed by atoms with E-state index < -0.39 is 0 Å². The number of nitrogen functional groups attached to an aromatic ring is 1. The highest BCUT2D eigenvalue weighted by molar-refractivity contribution is 8.00. The SMILES string of the molecule is COc1cc(N)ccc1SCC(=O)Nc1cc(C)on1. The number of aromatic nitrogens is 1. The number of carbonyl (C=O) groups is 1. The molecule has 0 bridgehead atoms. The van der Waals surface area contributed by atoms with Gasteiger partial charge >= 0.3 is 0 Å². The molecule has 0 aliphatic rings. The molecule has 1 aromatic carbocycles. The maximum atomic E-state index is 11.8. The number of ether oxygens (including phenoxy) is 1. The van der Waals surface area contributed by atoms with E-state index in [2.05, 4.69) is 10.5 Å². The van der Waals surface area contributed by atoms with Crippen molar-refractivity contribution in [1.29, 1.82) is 0 Å². The second-order valence-corrected chi connectivity index (χ2v) is 5.09. The summed E-state index contributed by atoms with van der Waals surface area (Å²) < 4.78 is 10.1. The summed E-state index contributed by atoms with van der Waals surface area (Å²) >= 11 is 1.36. The Kier molecular flexibility index (Phi) is 4.52. The Hall–Kier alpha value is -2.15. The van der Waals surface area contributed by atoms with E-state index in [1.165, 1.54) is 11.8 Å². The van der Waals surface area contributed by atoms with Crippen LogP contribution >= 0.6 is 11.8 Å². The second kappa shape index (κ2) is 6.33. The molecule has 1 amide bonds. The van der Waals surface area contributed by atoms with E-state index in [1.807, 2.05) is 6.07 Å². The normalized spacial score (nSPS) is 10.3. The first kappa shape index (κ1) is 14.3. The Morgan fingerprint density at radius 1 is 1.50 bits per heavy atom. The molecule has 106 valence electrons. The summed E-state index contributed by atoms with van der Waals surface area (Å²) in [5.41, 5.74) is 6.30. The molecule has 2 aromatic rings. The van der Waals surface area contributed by atoms with Crippen molar-refractivity contribution < 1.29 is 14.1 Å². The van der Waals surface area contributed by atoms with Gasteiger partial charge in [0.15, 0.2) is 5.82 Å². The predicted octanol–water partition coefficient (Wildman–Crippen LogP) is 2.30. The lowest BCUT2D eigenvalue weighted by atomic mass is 10.3. The van der Waals surface area contributed by atoms with Gasteiger partial charge in [-0.3, -0.25) is 4.79 Å². The number of amides is 1. The number of rotatable bonds is 5. The van der Waals surface area contributed by atoms with Crippen LogP contribution in [0.4, 0.5) is 11.5 Å². The Morgan fingerprint density at radius 2 is 2.30 bits per heavy atom. The van der Waals surface area contributed by atoms with E-state index in [0.717, 1.165) is 4.90 Å². The summed E-state index contributed by atoms with van der Waals surface area (Å²) in [6, 6.07) is 6.98. The summed E-state index contributed by atoms with van der Waals surface area (Å²) in [6.07, 6.45) is 0. The Labute approximate surface area is 120 Å². The summed E-state index contributed by atoms with van der Waals surface area (Å²) in [5, 5.41) is 6.35. The third-order valence-corrected chi connectivity index (χ3v) is 3.50. The van der Waals surface area contributed by atoms with Crippen molar-refractivity contribution in [2.45, 2.75) is 11.8 Å². The number of hydrogen-bond acceptors (Lipinski definition) is 6. The highest BCUT2D eigenvalue weighted by atomic mass is 32.2. The molecule has 20 heavy (non-hydrogen) atoms. The molecule has 3 N–H and O–H groups in total. The molecular formula is C13H15N3O3S. The maximum absolute atomic E-state index is 11.8. The molecule has 1 aromatic heterocycles. The monoisotopic (exact) mass is 293 g/mol. The Balaban J connectivity index is 1.93. The number of benzene rings is 1. The van der Waals surface area contributed by atoms with E-state index in [4.69, 9.17) is 15.0 Å². The van der Waals surface area contributed by atoms with Crippen molar-refractivity contribution in [2.75, 3.05) is 23.9 Å². The lowest BCUT2D eigenvalue weighted by molar-refractivity contribution is -0.113. The summed E-state index contributed by atoms with van der Waals surface area (Å²) in [6.45, 7) is 1.76. The van der Waals surface area contributed by atoms with E-state index in [9.17, 15) is 4.79 Å². The van der Waals surface area contributed by atoms with Crippen molar-refractivity contribution >= 4 is 29.2 Å². The minimum absolute atomic E-state index is 0.165. The van der Waals surface area contributed by atoms with Crippen LogP contribution in [0.3, 0.4) is 0 Å². The van der Waals surface area contributed by atoms with Gasteiger partial charge in [0.25, 0.3) is 0 Å². The van der Waals surface area contributed by atoms with E-state index in [1.54, 1.807) is 32.2 Å². The molecule has 0 spiro atoms. The first-order valence-electron chi connectivity index (χ1n) is 5.88. The number of nitrogens with two attached hydrogens (primary N) is 1. The largest absolute Gasteiger partial charge is 0.496 e. The summed E-state index contributed by atoms with van der Waals surface area (Å²) in [5.74, 6) is 1.79. The second-order valence-electron chi connectivity index (χ2n) is 4.07. The fraction of sp³-hybridized carbons (Fsp3) is 0.231. The average Bonchev–Trinajstić information content (AvgIpc) is 2.82. The molecule has 0 saturated carbocycles. The highest BCUT2D eigenvalue weighted by Gasteiger charge is 2.09. The summed E-state index contributed by atoms with van der Waals surface area (Å²) in [7, 11) is 1.57. The highest BCUT2D eigenvalue weighted by Crippen LogP contribution is 2.30. The number of anilines is 2. The van der Waals surface area contributed by atoms with Crippen LogP contribution in [0.25, 0.3) is 0 Å². The van der Waals surface area contributed by atoms with Gasteiger partial charge in [0.05, 0.1) is 12.9 Å². The Bertz CT molecular complexity index is 613. The number of nitrogens with zero attached hydrogens (tertiary/aromatic N) is 1. The molecular weight excluding hydrogens is 278 g/mol. The zero-order valence-electron chi connectivity index (χ0n) is 11.2. The summed E-state index contributed by atoms with van der Waals surface area (Å²) in [4.78, 5) is 12.6. The van der Waals surface area contributed by atoms with Crippen molar-refractivity contribution in [2.24, 2.45) is 0 Å². The van der Waals surface area contributed by atoms with Gasteiger partial charge in [-0.2, -0.15) is 0 Å². The molecule has 0 unspecified atom stereocenters. The van der Waals surface area contributed by atoms with Gasteiger partial charge in [0.2, 0.25) is 5.91 Å². The van der Waals surface area contributed by atoms with Crippen LogP contribution in [0.5, 0.6) is 5.75 Å². The van der Waals surface area contributed by atoms with Crippen LogP contribution in [0.1, 0.15) is 5.76 Å². The van der Waals surface area contributed by atoms with Gasteiger partial charge in [-0.05, 0) is 19.1 Å². The maximum Gasteiger partial charge on any atom is 0.235 e. The third-order valence-electron chi connectivity index (χ3n) is 2.44. The van der Waals surface area contributed by atoms with Gasteiger partial charge in [-0.15, -0.1) is 11.8 Å². The lowest BCUT2D eigenvalue weighted by Crippen LogP contribution is -2.14. The van der Waals surface area contributed by atoms with Crippen LogP contribution in [-0.2, 0) is 4.79 Å². The standard InChI is InChI=1S/C13H15N3O3S/c1-8-5-12(16-19-8)15-13(17)7-20-11-4-3-9(14)6-10(11)18-2/h3-6H,7,14H2,1-2H3,(H,15,16,17). The van der Waals surface area contributed by atoms with Crippen LogP contribution in [0.2, 0.25) is 0 Å². The van der Waals surface area contributed by atoms with Crippen molar-refractivity contribution in [3.8, 4) is 5.75 Å². The molecule has 0 saturated heterocycles. The van der Waals surface area contributed by atoms with E-state index in [-0.39, 0.29) is 11.7 Å². The van der Waals surface area contributed by atoms with Gasteiger partial charge in [0, 0.05) is 22.7 Å². The smallest absolute Gasteiger partial charge is 0.235 e. The van der Waals surface area contributed by atoms with E-state index in [0.29, 0.717) is 23.0 Å². The van der Waals surface area contributed by atoms with Crippen LogP contribution < -0.4 is 15.8 Å². The molecule has 0 radical (unpaired) electrons. The van der Waals surface area contributed by atoms with E-state index >= 15 is 0 Å². The van der Waals surface area contributed by atoms with Crippen molar-refractivity contribution in [1.82, 2.24) is 5.16 Å². The first-order chi connectivity index (χ1) is 9.58. The molecule has 0 aliphatic carbocycles. The minimum atomic E-state index is -0.165. The van der Waals surface area contributed by atoms with Crippen molar-refractivity contribution in [3.63, 3.8) is 0 Å². The fourth-order valence-electron chi connectivity index (χ4n) is 1.55. The number of aryl methyl sites for hydroxylation is 1. The van der Waals surface area contributed by atoms with Crippen LogP contribution in [0, 0.1) is 6.92 Å². The number of nitrogens with one attached hydrogen (secondary N) is 1. The zero-order chi connectivity index (χ0) is 14.5. The molecule has 1 heterocycles. The lowest BCUT2D eigenvalue weighted by Gasteiger charge is -2.08. The number of methoxy groups -OCH3 is 1.